The Bertz CT molecular complexity index is 1710. The second kappa shape index (κ2) is 16.2. The van der Waals surface area contributed by atoms with Gasteiger partial charge in [0, 0.05) is 46.3 Å². The molecule has 0 heterocycles. The Hall–Kier alpha value is -6.28. The molecular weight excluding hydrogens is 628 g/mol. The van der Waals surface area contributed by atoms with Gasteiger partial charge in [-0.05, 0) is 121 Å². The van der Waals surface area contributed by atoms with E-state index < -0.39 is 0 Å². The number of hydrogen-bond acceptors (Lipinski definition) is 8. The van der Waals surface area contributed by atoms with Gasteiger partial charge in [-0.15, -0.1) is 0 Å². The summed E-state index contributed by atoms with van der Waals surface area (Å²) in [5.41, 5.74) is 5.82. The highest BCUT2D eigenvalue weighted by Crippen LogP contribution is 2.39. The van der Waals surface area contributed by atoms with Gasteiger partial charge in [-0.3, -0.25) is 0 Å². The summed E-state index contributed by atoms with van der Waals surface area (Å²) in [4.78, 5) is 4.32. The van der Waals surface area contributed by atoms with Crippen LogP contribution in [0.25, 0.3) is 0 Å². The SMILES string of the molecule is COc1ccc(N(c2ccc(OC)cc2)c2cccc(OCCOc3cccc(N(c4ccc(OC)cc4)c4ccc(OC)cc4)c3)c2)cc1. The van der Waals surface area contributed by atoms with Gasteiger partial charge >= 0.3 is 0 Å². The summed E-state index contributed by atoms with van der Waals surface area (Å²) < 4.78 is 34.0. The molecule has 0 aliphatic carbocycles. The first-order valence-corrected chi connectivity index (χ1v) is 16.2. The lowest BCUT2D eigenvalue weighted by atomic mass is 10.2. The predicted molar refractivity (Wildman–Crippen MR) is 199 cm³/mol. The molecule has 0 saturated carbocycles. The molecule has 6 aromatic rings. The number of rotatable bonds is 15. The number of ether oxygens (including phenoxy) is 6. The van der Waals surface area contributed by atoms with Crippen LogP contribution in [0.4, 0.5) is 34.1 Å². The number of nitrogens with zero attached hydrogens (tertiary/aromatic N) is 2. The molecule has 0 aliphatic heterocycles. The fraction of sp³-hybridized carbons (Fsp3) is 0.143. The number of hydrogen-bond donors (Lipinski definition) is 0. The smallest absolute Gasteiger partial charge is 0.122 e. The third kappa shape index (κ3) is 8.05. The maximum Gasteiger partial charge on any atom is 0.122 e. The Labute approximate surface area is 293 Å². The lowest BCUT2D eigenvalue weighted by Crippen LogP contribution is -2.12. The molecule has 0 aromatic heterocycles. The highest BCUT2D eigenvalue weighted by molar-refractivity contribution is 5.79. The molecule has 0 unspecified atom stereocenters. The van der Waals surface area contributed by atoms with Crippen molar-refractivity contribution in [1.82, 2.24) is 0 Å². The third-order valence-electron chi connectivity index (χ3n) is 8.09. The van der Waals surface area contributed by atoms with E-state index in [1.807, 2.05) is 133 Å². The minimum atomic E-state index is 0.361. The molecule has 0 atom stereocenters. The molecule has 8 heteroatoms. The molecule has 0 fully saturated rings. The van der Waals surface area contributed by atoms with Crippen LogP contribution in [0.1, 0.15) is 0 Å². The van der Waals surface area contributed by atoms with E-state index >= 15 is 0 Å². The van der Waals surface area contributed by atoms with Crippen molar-refractivity contribution < 1.29 is 28.4 Å². The minimum absolute atomic E-state index is 0.361. The van der Waals surface area contributed by atoms with Crippen LogP contribution >= 0.6 is 0 Å². The number of benzene rings is 6. The van der Waals surface area contributed by atoms with Crippen molar-refractivity contribution in [3.05, 3.63) is 146 Å². The molecule has 50 heavy (non-hydrogen) atoms. The van der Waals surface area contributed by atoms with Gasteiger partial charge in [0.2, 0.25) is 0 Å². The Morgan fingerprint density at radius 2 is 0.600 bits per heavy atom. The molecule has 0 bridgehead atoms. The molecule has 0 spiro atoms. The lowest BCUT2D eigenvalue weighted by molar-refractivity contribution is 0.217. The summed E-state index contributed by atoms with van der Waals surface area (Å²) in [6.07, 6.45) is 0. The average Bonchev–Trinajstić information content (AvgIpc) is 3.18. The molecular formula is C42H40N2O6. The summed E-state index contributed by atoms with van der Waals surface area (Å²) in [6.45, 7) is 0.721. The average molecular weight is 669 g/mol. The Balaban J connectivity index is 1.16. The van der Waals surface area contributed by atoms with Crippen LogP contribution in [0, 0.1) is 0 Å². The highest BCUT2D eigenvalue weighted by Gasteiger charge is 2.16. The Morgan fingerprint density at radius 1 is 0.320 bits per heavy atom. The van der Waals surface area contributed by atoms with Crippen LogP contribution in [-0.4, -0.2) is 41.7 Å². The molecule has 0 saturated heterocycles. The van der Waals surface area contributed by atoms with E-state index in [0.717, 1.165) is 68.6 Å². The van der Waals surface area contributed by atoms with Gasteiger partial charge in [-0.1, -0.05) is 12.1 Å². The first kappa shape index (κ1) is 33.6. The Morgan fingerprint density at radius 3 is 0.860 bits per heavy atom. The second-order valence-corrected chi connectivity index (χ2v) is 11.2. The van der Waals surface area contributed by atoms with E-state index in [1.165, 1.54) is 0 Å². The first-order valence-electron chi connectivity index (χ1n) is 16.2. The van der Waals surface area contributed by atoms with Gasteiger partial charge in [-0.25, -0.2) is 0 Å². The van der Waals surface area contributed by atoms with Crippen LogP contribution in [0.5, 0.6) is 34.5 Å². The van der Waals surface area contributed by atoms with Crippen LogP contribution < -0.4 is 38.2 Å². The topological polar surface area (TPSA) is 61.9 Å². The van der Waals surface area contributed by atoms with Gasteiger partial charge in [0.15, 0.2) is 0 Å². The monoisotopic (exact) mass is 668 g/mol. The van der Waals surface area contributed by atoms with Crippen LogP contribution in [-0.2, 0) is 0 Å². The number of methoxy groups -OCH3 is 4. The van der Waals surface area contributed by atoms with Crippen molar-refractivity contribution in [2.45, 2.75) is 0 Å². The molecule has 0 amide bonds. The fourth-order valence-electron chi connectivity index (χ4n) is 5.56. The van der Waals surface area contributed by atoms with Crippen molar-refractivity contribution in [2.24, 2.45) is 0 Å². The van der Waals surface area contributed by atoms with Crippen molar-refractivity contribution >= 4 is 34.1 Å². The van der Waals surface area contributed by atoms with Gasteiger partial charge in [0.25, 0.3) is 0 Å². The van der Waals surface area contributed by atoms with Gasteiger partial charge < -0.3 is 38.2 Å². The van der Waals surface area contributed by atoms with Crippen molar-refractivity contribution in [3.63, 3.8) is 0 Å². The second-order valence-electron chi connectivity index (χ2n) is 11.2. The molecule has 0 radical (unpaired) electrons. The molecule has 254 valence electrons. The van der Waals surface area contributed by atoms with E-state index in [1.54, 1.807) is 28.4 Å². The number of anilines is 6. The molecule has 0 aliphatic rings. The summed E-state index contributed by atoms with van der Waals surface area (Å²) in [5.74, 6) is 4.63. The van der Waals surface area contributed by atoms with Gasteiger partial charge in [0.05, 0.1) is 28.4 Å². The van der Waals surface area contributed by atoms with Gasteiger partial charge in [0.1, 0.15) is 47.7 Å². The maximum atomic E-state index is 6.20. The van der Waals surface area contributed by atoms with Crippen LogP contribution in [0.15, 0.2) is 146 Å². The quantitative estimate of drug-likeness (QED) is 0.100. The zero-order valence-corrected chi connectivity index (χ0v) is 28.6. The van der Waals surface area contributed by atoms with E-state index in [9.17, 15) is 0 Å². The van der Waals surface area contributed by atoms with Crippen molar-refractivity contribution in [2.75, 3.05) is 51.5 Å². The normalized spacial score (nSPS) is 10.6. The van der Waals surface area contributed by atoms with E-state index in [-0.39, 0.29) is 0 Å². The van der Waals surface area contributed by atoms with E-state index in [0.29, 0.717) is 13.2 Å². The van der Waals surface area contributed by atoms with Crippen molar-refractivity contribution in [3.8, 4) is 34.5 Å². The third-order valence-corrected chi connectivity index (χ3v) is 8.09. The predicted octanol–water partition coefficient (Wildman–Crippen LogP) is 10.1. The minimum Gasteiger partial charge on any atom is -0.497 e. The van der Waals surface area contributed by atoms with Crippen LogP contribution in [0.2, 0.25) is 0 Å². The standard InChI is InChI=1S/C42H40N2O6/c1-45-37-19-11-31(12-20-37)43(32-13-21-38(46-2)22-14-32)35-7-5-9-41(29-35)49-27-28-50-42-10-6-8-36(30-42)44(33-15-23-39(47-3)24-16-33)34-17-25-40(48-4)26-18-34/h5-26,29-30H,27-28H2,1-4H3. The van der Waals surface area contributed by atoms with Crippen LogP contribution in [0.3, 0.4) is 0 Å². The van der Waals surface area contributed by atoms with Gasteiger partial charge in [-0.2, -0.15) is 0 Å². The summed E-state index contributed by atoms with van der Waals surface area (Å²) in [5, 5.41) is 0. The molecule has 6 rings (SSSR count). The summed E-state index contributed by atoms with van der Waals surface area (Å²) in [6, 6.07) is 47.9. The van der Waals surface area contributed by atoms with E-state index in [4.69, 9.17) is 28.4 Å². The zero-order valence-electron chi connectivity index (χ0n) is 28.6. The summed E-state index contributed by atoms with van der Waals surface area (Å²) >= 11 is 0. The van der Waals surface area contributed by atoms with E-state index in [2.05, 4.69) is 21.9 Å². The maximum absolute atomic E-state index is 6.20. The fourth-order valence-corrected chi connectivity index (χ4v) is 5.56. The largest absolute Gasteiger partial charge is 0.497 e. The first-order chi connectivity index (χ1) is 24.6. The molecule has 8 nitrogen and oxygen atoms in total. The lowest BCUT2D eigenvalue weighted by Gasteiger charge is -2.26. The Kier molecular flexibility index (Phi) is 10.9. The zero-order chi connectivity index (χ0) is 34.7. The molecule has 6 aromatic carbocycles. The molecule has 0 N–H and O–H groups in total. The highest BCUT2D eigenvalue weighted by atomic mass is 16.5. The van der Waals surface area contributed by atoms with Crippen molar-refractivity contribution in [1.29, 1.82) is 0 Å². The summed E-state index contributed by atoms with van der Waals surface area (Å²) in [7, 11) is 6.66.